The van der Waals surface area contributed by atoms with Gasteiger partial charge < -0.3 is 4.74 Å². The van der Waals surface area contributed by atoms with Crippen molar-refractivity contribution in [3.8, 4) is 0 Å². The minimum atomic E-state index is -0.250. The van der Waals surface area contributed by atoms with E-state index in [0.717, 1.165) is 30.6 Å². The molecule has 0 heterocycles. The summed E-state index contributed by atoms with van der Waals surface area (Å²) in [6.45, 7) is 11.0. The maximum atomic E-state index is 11.5. The normalized spacial score (nSPS) is 44.5. The van der Waals surface area contributed by atoms with Gasteiger partial charge in [-0.2, -0.15) is 0 Å². The lowest BCUT2D eigenvalue weighted by Crippen LogP contribution is -2.38. The quantitative estimate of drug-likeness (QED) is 0.554. The van der Waals surface area contributed by atoms with Crippen molar-refractivity contribution in [2.24, 2.45) is 28.6 Å². The molecule has 0 aromatic heterocycles. The van der Waals surface area contributed by atoms with E-state index in [1.165, 1.54) is 38.2 Å². The highest BCUT2D eigenvalue weighted by Gasteiger charge is 2.62. The zero-order valence-corrected chi connectivity index (χ0v) is 13.9. The van der Waals surface area contributed by atoms with Crippen LogP contribution in [0.25, 0.3) is 0 Å². The number of carbonyl (C=O) groups excluding carboxylic acids is 1. The van der Waals surface area contributed by atoms with Crippen LogP contribution in [0.15, 0.2) is 12.7 Å². The lowest BCUT2D eigenvalue weighted by Gasteiger charge is -2.45. The molecule has 3 aliphatic carbocycles. The maximum Gasteiger partial charge on any atom is 0.330 e. The number of esters is 1. The van der Waals surface area contributed by atoms with Crippen molar-refractivity contribution in [2.75, 3.05) is 0 Å². The first-order valence-electron chi connectivity index (χ1n) is 8.71. The molecule has 2 heteroatoms. The monoisotopic (exact) mass is 290 g/mol. The molecule has 0 aromatic carbocycles. The third-order valence-corrected chi connectivity index (χ3v) is 7.55. The largest absolute Gasteiger partial charge is 0.459 e. The molecule has 3 saturated carbocycles. The summed E-state index contributed by atoms with van der Waals surface area (Å²) in [5.41, 5.74) is 0.981. The van der Waals surface area contributed by atoms with Crippen molar-refractivity contribution in [3.63, 3.8) is 0 Å². The molecule has 3 fully saturated rings. The van der Waals surface area contributed by atoms with Crippen LogP contribution in [0.4, 0.5) is 0 Å². The average Bonchev–Trinajstić information content (AvgIpc) is 2.80. The molecular formula is C19H30O2. The average molecular weight is 290 g/mol. The summed E-state index contributed by atoms with van der Waals surface area (Å²) in [5.74, 6) is 2.23. The first-order valence-corrected chi connectivity index (χ1v) is 8.71. The Hall–Kier alpha value is -0.790. The van der Waals surface area contributed by atoms with Crippen LogP contribution in [0.5, 0.6) is 0 Å². The van der Waals surface area contributed by atoms with Crippen molar-refractivity contribution < 1.29 is 9.53 Å². The van der Waals surface area contributed by atoms with Crippen LogP contribution >= 0.6 is 0 Å². The summed E-state index contributed by atoms with van der Waals surface area (Å²) in [6, 6.07) is 0. The molecule has 5 atom stereocenters. The highest BCUT2D eigenvalue weighted by molar-refractivity contribution is 5.81. The Morgan fingerprint density at radius 2 is 1.95 bits per heavy atom. The van der Waals surface area contributed by atoms with E-state index < -0.39 is 0 Å². The van der Waals surface area contributed by atoms with Gasteiger partial charge in [0.25, 0.3) is 0 Å². The van der Waals surface area contributed by atoms with Gasteiger partial charge in [-0.15, -0.1) is 0 Å². The fraction of sp³-hybridized carbons (Fsp3) is 0.842. The highest BCUT2D eigenvalue weighted by Crippen LogP contribution is 2.70. The Labute approximate surface area is 129 Å². The molecule has 3 aliphatic rings. The summed E-state index contributed by atoms with van der Waals surface area (Å²) in [4.78, 5) is 11.5. The van der Waals surface area contributed by atoms with E-state index in [2.05, 4.69) is 27.4 Å². The van der Waals surface area contributed by atoms with E-state index in [4.69, 9.17) is 4.74 Å². The Morgan fingerprint density at radius 1 is 1.19 bits per heavy atom. The molecular weight excluding hydrogens is 260 g/mol. The van der Waals surface area contributed by atoms with Gasteiger partial charge in [-0.25, -0.2) is 4.79 Å². The van der Waals surface area contributed by atoms with Gasteiger partial charge in [0, 0.05) is 6.08 Å². The predicted molar refractivity (Wildman–Crippen MR) is 84.8 cm³/mol. The SMILES string of the molecule is C=CC(=O)OC1CCCC(C2CC3CCC2(C)C3(C)C)C1. The van der Waals surface area contributed by atoms with Crippen LogP contribution in [0, 0.1) is 28.6 Å². The number of fused-ring (bicyclic) bond motifs is 2. The number of hydrogen-bond acceptors (Lipinski definition) is 2. The Kier molecular flexibility index (Phi) is 3.70. The lowest BCUT2D eigenvalue weighted by atomic mass is 9.61. The number of carbonyl (C=O) groups is 1. The second-order valence-corrected chi connectivity index (χ2v) is 8.41. The second kappa shape index (κ2) is 5.14. The van der Waals surface area contributed by atoms with Gasteiger partial charge in [-0.1, -0.05) is 27.4 Å². The van der Waals surface area contributed by atoms with Gasteiger partial charge in [0.2, 0.25) is 0 Å². The molecule has 2 bridgehead atoms. The number of hydrogen-bond donors (Lipinski definition) is 0. The smallest absolute Gasteiger partial charge is 0.330 e. The molecule has 5 unspecified atom stereocenters. The van der Waals surface area contributed by atoms with E-state index in [1.807, 2.05) is 0 Å². The van der Waals surface area contributed by atoms with Gasteiger partial charge in [0.05, 0.1) is 0 Å². The third-order valence-electron chi connectivity index (χ3n) is 7.55. The van der Waals surface area contributed by atoms with Crippen LogP contribution < -0.4 is 0 Å². The summed E-state index contributed by atoms with van der Waals surface area (Å²) in [6.07, 6.45) is 10.3. The predicted octanol–water partition coefficient (Wildman–Crippen LogP) is 4.74. The van der Waals surface area contributed by atoms with Gasteiger partial charge in [0.15, 0.2) is 0 Å². The molecule has 118 valence electrons. The van der Waals surface area contributed by atoms with Crippen molar-refractivity contribution in [1.82, 2.24) is 0 Å². The zero-order chi connectivity index (χ0) is 15.3. The van der Waals surface area contributed by atoms with Crippen LogP contribution in [0.1, 0.15) is 65.7 Å². The Balaban J connectivity index is 1.70. The maximum absolute atomic E-state index is 11.5. The van der Waals surface area contributed by atoms with Gasteiger partial charge in [-0.3, -0.25) is 0 Å². The van der Waals surface area contributed by atoms with Crippen LogP contribution in [0.2, 0.25) is 0 Å². The molecule has 0 N–H and O–H groups in total. The summed E-state index contributed by atoms with van der Waals surface area (Å²) >= 11 is 0. The van der Waals surface area contributed by atoms with Crippen molar-refractivity contribution >= 4 is 5.97 Å². The zero-order valence-electron chi connectivity index (χ0n) is 13.9. The van der Waals surface area contributed by atoms with Crippen LogP contribution in [-0.4, -0.2) is 12.1 Å². The molecule has 0 amide bonds. The van der Waals surface area contributed by atoms with E-state index in [0.29, 0.717) is 10.8 Å². The van der Waals surface area contributed by atoms with Crippen molar-refractivity contribution in [3.05, 3.63) is 12.7 Å². The first kappa shape index (κ1) is 15.1. The first-order chi connectivity index (χ1) is 9.88. The topological polar surface area (TPSA) is 26.3 Å². The molecule has 3 rings (SSSR count). The van der Waals surface area contributed by atoms with Crippen molar-refractivity contribution in [2.45, 2.75) is 71.8 Å². The van der Waals surface area contributed by atoms with E-state index >= 15 is 0 Å². The van der Waals surface area contributed by atoms with Crippen LogP contribution in [-0.2, 0) is 9.53 Å². The molecule has 0 radical (unpaired) electrons. The molecule has 0 aliphatic heterocycles. The Bertz CT molecular complexity index is 439. The number of rotatable bonds is 3. The van der Waals surface area contributed by atoms with Crippen LogP contribution in [0.3, 0.4) is 0 Å². The lowest BCUT2D eigenvalue weighted by molar-refractivity contribution is -0.146. The molecule has 2 nitrogen and oxygen atoms in total. The van der Waals surface area contributed by atoms with Gasteiger partial charge in [0.1, 0.15) is 6.10 Å². The second-order valence-electron chi connectivity index (χ2n) is 8.41. The molecule has 0 spiro atoms. The molecule has 0 aromatic rings. The summed E-state index contributed by atoms with van der Waals surface area (Å²) in [5, 5.41) is 0. The van der Waals surface area contributed by atoms with E-state index in [-0.39, 0.29) is 12.1 Å². The van der Waals surface area contributed by atoms with E-state index in [1.54, 1.807) is 0 Å². The highest BCUT2D eigenvalue weighted by atomic mass is 16.5. The summed E-state index contributed by atoms with van der Waals surface area (Å²) in [7, 11) is 0. The summed E-state index contributed by atoms with van der Waals surface area (Å²) < 4.78 is 5.54. The fourth-order valence-corrected chi connectivity index (χ4v) is 5.84. The fourth-order valence-electron chi connectivity index (χ4n) is 5.84. The standard InChI is InChI=1S/C19H30O2/c1-5-17(20)21-15-8-6-7-13(11-15)16-12-14-9-10-19(16,4)18(14,2)3/h5,13-16H,1,6-12H2,2-4H3. The number of ether oxygens (including phenoxy) is 1. The minimum absolute atomic E-state index is 0.125. The minimum Gasteiger partial charge on any atom is -0.459 e. The Morgan fingerprint density at radius 3 is 2.52 bits per heavy atom. The van der Waals surface area contributed by atoms with Crippen molar-refractivity contribution in [1.29, 1.82) is 0 Å². The van der Waals surface area contributed by atoms with Gasteiger partial charge in [-0.05, 0) is 73.5 Å². The van der Waals surface area contributed by atoms with Gasteiger partial charge >= 0.3 is 5.97 Å². The molecule has 21 heavy (non-hydrogen) atoms. The third kappa shape index (κ3) is 2.26. The van der Waals surface area contributed by atoms with E-state index in [9.17, 15) is 4.79 Å². The molecule has 0 saturated heterocycles.